The number of rotatable bonds is 7. The van der Waals surface area contributed by atoms with Gasteiger partial charge in [0.25, 0.3) is 0 Å². The molecule has 0 saturated carbocycles. The van der Waals surface area contributed by atoms with E-state index in [-0.39, 0.29) is 24.8 Å². The van der Waals surface area contributed by atoms with Crippen molar-refractivity contribution in [3.63, 3.8) is 0 Å². The van der Waals surface area contributed by atoms with Crippen LogP contribution in [-0.4, -0.2) is 28.2 Å². The summed E-state index contributed by atoms with van der Waals surface area (Å²) in [5.41, 5.74) is 1.27. The first-order valence-corrected chi connectivity index (χ1v) is 6.90. The molecule has 0 fully saturated rings. The van der Waals surface area contributed by atoms with E-state index in [9.17, 15) is 9.59 Å². The molecule has 6 nitrogen and oxygen atoms in total. The number of benzene rings is 1. The lowest BCUT2D eigenvalue weighted by atomic mass is 10.1. The molecule has 1 unspecified atom stereocenters. The van der Waals surface area contributed by atoms with E-state index in [0.29, 0.717) is 24.1 Å². The van der Waals surface area contributed by atoms with E-state index in [4.69, 9.17) is 9.63 Å². The van der Waals surface area contributed by atoms with E-state index < -0.39 is 5.97 Å². The molecule has 1 atom stereocenters. The zero-order chi connectivity index (χ0) is 15.2. The molecule has 0 saturated heterocycles. The zero-order valence-electron chi connectivity index (χ0n) is 11.8. The van der Waals surface area contributed by atoms with Crippen molar-refractivity contribution in [2.75, 3.05) is 0 Å². The van der Waals surface area contributed by atoms with Gasteiger partial charge in [-0.25, -0.2) is 0 Å². The number of nitrogens with zero attached hydrogens (tertiary/aromatic N) is 1. The number of aliphatic carboxylic acids is 1. The minimum absolute atomic E-state index is 0.0602. The summed E-state index contributed by atoms with van der Waals surface area (Å²) >= 11 is 0. The Balaban J connectivity index is 1.85. The molecule has 1 aromatic carbocycles. The molecular weight excluding hydrogens is 272 g/mol. The molecule has 6 heteroatoms. The van der Waals surface area contributed by atoms with Crippen LogP contribution < -0.4 is 5.32 Å². The van der Waals surface area contributed by atoms with Crippen molar-refractivity contribution >= 4 is 22.8 Å². The molecule has 1 heterocycles. The fourth-order valence-corrected chi connectivity index (χ4v) is 2.18. The van der Waals surface area contributed by atoms with Gasteiger partial charge in [0.2, 0.25) is 5.91 Å². The van der Waals surface area contributed by atoms with Crippen molar-refractivity contribution < 1.29 is 19.2 Å². The SMILES string of the molecule is CC(CCCC(=O)O)NC(=O)Cc1noc2ccccc12. The number of aromatic nitrogens is 1. The quantitative estimate of drug-likeness (QED) is 0.815. The van der Waals surface area contributed by atoms with Crippen LogP contribution in [0.3, 0.4) is 0 Å². The molecule has 2 N–H and O–H groups in total. The van der Waals surface area contributed by atoms with E-state index in [1.54, 1.807) is 6.07 Å². The number of para-hydroxylation sites is 1. The summed E-state index contributed by atoms with van der Waals surface area (Å²) < 4.78 is 5.15. The average molecular weight is 290 g/mol. The highest BCUT2D eigenvalue weighted by molar-refractivity contribution is 5.86. The van der Waals surface area contributed by atoms with Gasteiger partial charge < -0.3 is 14.9 Å². The first kappa shape index (κ1) is 15.0. The fraction of sp³-hybridized carbons (Fsp3) is 0.400. The molecule has 1 aromatic heterocycles. The van der Waals surface area contributed by atoms with E-state index in [1.165, 1.54) is 0 Å². The van der Waals surface area contributed by atoms with Crippen molar-refractivity contribution in [1.29, 1.82) is 0 Å². The number of hydrogen-bond acceptors (Lipinski definition) is 4. The van der Waals surface area contributed by atoms with Crippen LogP contribution in [0.15, 0.2) is 28.8 Å². The minimum atomic E-state index is -0.817. The first-order valence-electron chi connectivity index (χ1n) is 6.90. The lowest BCUT2D eigenvalue weighted by molar-refractivity contribution is -0.137. The second-order valence-electron chi connectivity index (χ2n) is 5.06. The highest BCUT2D eigenvalue weighted by Crippen LogP contribution is 2.18. The van der Waals surface area contributed by atoms with Gasteiger partial charge in [-0.2, -0.15) is 0 Å². The van der Waals surface area contributed by atoms with Gasteiger partial charge in [0.05, 0.1) is 6.42 Å². The molecule has 0 aliphatic rings. The Labute approximate surface area is 122 Å². The highest BCUT2D eigenvalue weighted by atomic mass is 16.5. The first-order chi connectivity index (χ1) is 10.1. The van der Waals surface area contributed by atoms with E-state index in [1.807, 2.05) is 25.1 Å². The predicted molar refractivity (Wildman–Crippen MR) is 76.8 cm³/mol. The molecule has 0 radical (unpaired) electrons. The van der Waals surface area contributed by atoms with Gasteiger partial charge in [-0.15, -0.1) is 0 Å². The van der Waals surface area contributed by atoms with Gasteiger partial charge in [-0.3, -0.25) is 9.59 Å². The summed E-state index contributed by atoms with van der Waals surface area (Å²) in [6, 6.07) is 7.33. The Morgan fingerprint density at radius 1 is 1.38 bits per heavy atom. The molecule has 112 valence electrons. The van der Waals surface area contributed by atoms with Gasteiger partial charge in [0.1, 0.15) is 5.69 Å². The second kappa shape index (κ2) is 6.88. The summed E-state index contributed by atoms with van der Waals surface area (Å²) in [6.07, 6.45) is 1.45. The summed E-state index contributed by atoms with van der Waals surface area (Å²) in [4.78, 5) is 22.4. The van der Waals surface area contributed by atoms with Crippen LogP contribution in [0.1, 0.15) is 31.9 Å². The molecule has 0 aliphatic heterocycles. The standard InChI is InChI=1S/C15H18N2O4/c1-10(5-4-8-15(19)20)16-14(18)9-12-11-6-2-3-7-13(11)21-17-12/h2-3,6-7,10H,4-5,8-9H2,1H3,(H,16,18)(H,19,20). The number of nitrogens with one attached hydrogen (secondary N) is 1. The van der Waals surface area contributed by atoms with Crippen molar-refractivity contribution in [1.82, 2.24) is 10.5 Å². The lowest BCUT2D eigenvalue weighted by Crippen LogP contribution is -2.33. The van der Waals surface area contributed by atoms with Crippen LogP contribution in [0.5, 0.6) is 0 Å². The zero-order valence-corrected chi connectivity index (χ0v) is 11.8. The van der Waals surface area contributed by atoms with Crippen molar-refractivity contribution in [3.05, 3.63) is 30.0 Å². The Bertz CT molecular complexity index is 635. The van der Waals surface area contributed by atoms with Crippen molar-refractivity contribution in [3.8, 4) is 0 Å². The van der Waals surface area contributed by atoms with Crippen LogP contribution in [0, 0.1) is 0 Å². The van der Waals surface area contributed by atoms with Gasteiger partial charge in [0, 0.05) is 17.8 Å². The number of carbonyl (C=O) groups excluding carboxylic acids is 1. The average Bonchev–Trinajstić information content (AvgIpc) is 2.81. The summed E-state index contributed by atoms with van der Waals surface area (Å²) in [6.45, 7) is 1.86. The highest BCUT2D eigenvalue weighted by Gasteiger charge is 2.14. The number of amides is 1. The number of carboxylic acid groups (broad SMARTS) is 1. The van der Waals surface area contributed by atoms with Gasteiger partial charge in [-0.05, 0) is 31.9 Å². The van der Waals surface area contributed by atoms with Crippen molar-refractivity contribution in [2.24, 2.45) is 0 Å². The molecule has 2 rings (SSSR count). The predicted octanol–water partition coefficient (Wildman–Crippen LogP) is 2.13. The third kappa shape index (κ3) is 4.30. The lowest BCUT2D eigenvalue weighted by Gasteiger charge is -2.12. The molecule has 0 aliphatic carbocycles. The Morgan fingerprint density at radius 3 is 2.90 bits per heavy atom. The van der Waals surface area contributed by atoms with E-state index in [0.717, 1.165) is 5.39 Å². The topological polar surface area (TPSA) is 92.4 Å². The summed E-state index contributed by atoms with van der Waals surface area (Å²) in [7, 11) is 0. The second-order valence-corrected chi connectivity index (χ2v) is 5.06. The van der Waals surface area contributed by atoms with E-state index in [2.05, 4.69) is 10.5 Å². The number of carbonyl (C=O) groups is 2. The maximum atomic E-state index is 12.0. The van der Waals surface area contributed by atoms with Crippen molar-refractivity contribution in [2.45, 2.75) is 38.6 Å². The van der Waals surface area contributed by atoms with Gasteiger partial charge in [0.15, 0.2) is 5.58 Å². The molecule has 2 aromatic rings. The summed E-state index contributed by atoms with van der Waals surface area (Å²) in [5, 5.41) is 16.2. The molecular formula is C15H18N2O4. The maximum Gasteiger partial charge on any atom is 0.303 e. The molecule has 0 spiro atoms. The number of carboxylic acids is 1. The molecule has 0 bridgehead atoms. The minimum Gasteiger partial charge on any atom is -0.481 e. The smallest absolute Gasteiger partial charge is 0.303 e. The van der Waals surface area contributed by atoms with Crippen LogP contribution in [0.25, 0.3) is 11.0 Å². The van der Waals surface area contributed by atoms with Crippen LogP contribution in [-0.2, 0) is 16.0 Å². The van der Waals surface area contributed by atoms with Crippen LogP contribution in [0.2, 0.25) is 0 Å². The van der Waals surface area contributed by atoms with E-state index >= 15 is 0 Å². The third-order valence-electron chi connectivity index (χ3n) is 3.22. The third-order valence-corrected chi connectivity index (χ3v) is 3.22. The Kier molecular flexibility index (Phi) is 4.92. The monoisotopic (exact) mass is 290 g/mol. The fourth-order valence-electron chi connectivity index (χ4n) is 2.18. The largest absolute Gasteiger partial charge is 0.481 e. The van der Waals surface area contributed by atoms with Crippen LogP contribution in [0.4, 0.5) is 0 Å². The van der Waals surface area contributed by atoms with Gasteiger partial charge in [-0.1, -0.05) is 17.3 Å². The Hall–Kier alpha value is -2.37. The number of hydrogen-bond donors (Lipinski definition) is 2. The summed E-state index contributed by atoms with van der Waals surface area (Å²) in [5.74, 6) is -0.959. The molecule has 21 heavy (non-hydrogen) atoms. The van der Waals surface area contributed by atoms with Crippen LogP contribution >= 0.6 is 0 Å². The maximum absolute atomic E-state index is 12.0. The number of fused-ring (bicyclic) bond motifs is 1. The Morgan fingerprint density at radius 2 is 2.14 bits per heavy atom. The molecule has 1 amide bonds. The van der Waals surface area contributed by atoms with Gasteiger partial charge >= 0.3 is 5.97 Å². The normalized spacial score (nSPS) is 12.2.